The lowest BCUT2D eigenvalue weighted by molar-refractivity contribution is -0.179. The number of esters is 3. The lowest BCUT2D eigenvalue weighted by atomic mass is 10.2. The summed E-state index contributed by atoms with van der Waals surface area (Å²) in [4.78, 5) is 44.9. The molecule has 2 unspecified atom stereocenters. The van der Waals surface area contributed by atoms with Gasteiger partial charge in [0.15, 0.2) is 6.10 Å². The topological polar surface area (TPSA) is 116 Å². The van der Waals surface area contributed by atoms with Crippen molar-refractivity contribution < 1.29 is 38.5 Å². The van der Waals surface area contributed by atoms with E-state index in [1.54, 1.807) is 20.8 Å². The van der Waals surface area contributed by atoms with Crippen LogP contribution in [-0.2, 0) is 33.4 Å². The van der Waals surface area contributed by atoms with E-state index < -0.39 is 48.1 Å². The van der Waals surface area contributed by atoms with Crippen LogP contribution in [0, 0.1) is 0 Å². The first kappa shape index (κ1) is 18.9. The monoisotopic (exact) mass is 304 g/mol. The van der Waals surface area contributed by atoms with Crippen LogP contribution in [0.15, 0.2) is 0 Å². The minimum atomic E-state index is -1.48. The van der Waals surface area contributed by atoms with Crippen LogP contribution in [0.2, 0.25) is 0 Å². The molecule has 1 N–H and O–H groups in total. The zero-order valence-electron chi connectivity index (χ0n) is 12.7. The SMILES string of the molecule is CC(=O)OC(CC(=O)OC(C)C(=O)O)C(=O)OC(C)(C)C. The second-order valence-corrected chi connectivity index (χ2v) is 5.31. The van der Waals surface area contributed by atoms with Gasteiger partial charge < -0.3 is 19.3 Å². The molecule has 8 heteroatoms. The highest BCUT2D eigenvalue weighted by molar-refractivity contribution is 5.85. The second kappa shape index (κ2) is 7.61. The van der Waals surface area contributed by atoms with Crippen molar-refractivity contribution in [2.24, 2.45) is 0 Å². The Hall–Kier alpha value is -2.12. The number of carboxylic acid groups (broad SMARTS) is 1. The van der Waals surface area contributed by atoms with E-state index >= 15 is 0 Å². The normalized spacial score (nSPS) is 13.8. The predicted octanol–water partition coefficient (Wildman–Crippen LogP) is 0.666. The number of carboxylic acids is 1. The molecule has 0 aliphatic carbocycles. The molecule has 0 aromatic rings. The summed E-state index contributed by atoms with van der Waals surface area (Å²) in [7, 11) is 0. The van der Waals surface area contributed by atoms with Crippen LogP contribution in [0.3, 0.4) is 0 Å². The van der Waals surface area contributed by atoms with E-state index in [-0.39, 0.29) is 0 Å². The summed E-state index contributed by atoms with van der Waals surface area (Å²) >= 11 is 0. The Morgan fingerprint density at radius 1 is 1.10 bits per heavy atom. The van der Waals surface area contributed by atoms with Crippen molar-refractivity contribution in [1.29, 1.82) is 0 Å². The summed E-state index contributed by atoms with van der Waals surface area (Å²) in [6.07, 6.45) is -3.46. The smallest absolute Gasteiger partial charge is 0.348 e. The highest BCUT2D eigenvalue weighted by Gasteiger charge is 2.31. The van der Waals surface area contributed by atoms with E-state index in [4.69, 9.17) is 14.6 Å². The predicted molar refractivity (Wildman–Crippen MR) is 69.2 cm³/mol. The van der Waals surface area contributed by atoms with Crippen molar-refractivity contribution in [3.05, 3.63) is 0 Å². The maximum Gasteiger partial charge on any atom is 0.348 e. The van der Waals surface area contributed by atoms with E-state index in [0.29, 0.717) is 0 Å². The molecule has 0 bridgehead atoms. The zero-order chi connectivity index (χ0) is 16.8. The molecule has 0 heterocycles. The third kappa shape index (κ3) is 8.61. The van der Waals surface area contributed by atoms with Crippen molar-refractivity contribution in [1.82, 2.24) is 0 Å². The summed E-state index contributed by atoms with van der Waals surface area (Å²) in [5, 5.41) is 8.62. The average molecular weight is 304 g/mol. The van der Waals surface area contributed by atoms with Crippen molar-refractivity contribution in [3.8, 4) is 0 Å². The van der Waals surface area contributed by atoms with Gasteiger partial charge in [0.25, 0.3) is 0 Å². The fourth-order valence-corrected chi connectivity index (χ4v) is 1.19. The molecule has 0 rings (SSSR count). The Labute approximate surface area is 122 Å². The summed E-state index contributed by atoms with van der Waals surface area (Å²) in [5.41, 5.74) is -0.826. The number of carbonyl (C=O) groups is 4. The van der Waals surface area contributed by atoms with E-state index in [1.165, 1.54) is 0 Å². The molecule has 21 heavy (non-hydrogen) atoms. The number of hydrogen-bond acceptors (Lipinski definition) is 7. The highest BCUT2D eigenvalue weighted by atomic mass is 16.6. The van der Waals surface area contributed by atoms with Gasteiger partial charge in [0.1, 0.15) is 5.60 Å². The van der Waals surface area contributed by atoms with E-state index in [2.05, 4.69) is 4.74 Å². The minimum Gasteiger partial charge on any atom is -0.479 e. The van der Waals surface area contributed by atoms with E-state index in [0.717, 1.165) is 13.8 Å². The minimum absolute atomic E-state index is 0.619. The third-order valence-corrected chi connectivity index (χ3v) is 1.99. The number of carbonyl (C=O) groups excluding carboxylic acids is 3. The Morgan fingerprint density at radius 3 is 2.00 bits per heavy atom. The van der Waals surface area contributed by atoms with Gasteiger partial charge in [0.05, 0.1) is 6.42 Å². The number of ether oxygens (including phenoxy) is 3. The first-order chi connectivity index (χ1) is 9.42. The van der Waals surface area contributed by atoms with E-state index in [9.17, 15) is 19.2 Å². The van der Waals surface area contributed by atoms with Gasteiger partial charge in [-0.15, -0.1) is 0 Å². The second-order valence-electron chi connectivity index (χ2n) is 5.31. The lowest BCUT2D eigenvalue weighted by Crippen LogP contribution is -2.37. The Kier molecular flexibility index (Phi) is 6.84. The molecule has 8 nitrogen and oxygen atoms in total. The zero-order valence-corrected chi connectivity index (χ0v) is 12.7. The maximum atomic E-state index is 11.8. The van der Waals surface area contributed by atoms with Crippen LogP contribution in [0.5, 0.6) is 0 Å². The van der Waals surface area contributed by atoms with Gasteiger partial charge in [-0.05, 0) is 27.7 Å². The standard InChI is InChI=1S/C13H20O8/c1-7(11(16)17)19-10(15)6-9(20-8(2)14)12(18)21-13(3,4)5/h7,9H,6H2,1-5H3,(H,16,17). The van der Waals surface area contributed by atoms with E-state index in [1.807, 2.05) is 0 Å². The quantitative estimate of drug-likeness (QED) is 0.562. The van der Waals surface area contributed by atoms with Crippen LogP contribution in [0.25, 0.3) is 0 Å². The van der Waals surface area contributed by atoms with Gasteiger partial charge in [0.2, 0.25) is 6.10 Å². The van der Waals surface area contributed by atoms with Gasteiger partial charge in [-0.3, -0.25) is 9.59 Å². The largest absolute Gasteiger partial charge is 0.479 e. The third-order valence-electron chi connectivity index (χ3n) is 1.99. The average Bonchev–Trinajstić information content (AvgIpc) is 2.24. The molecule has 120 valence electrons. The van der Waals surface area contributed by atoms with Gasteiger partial charge in [-0.25, -0.2) is 9.59 Å². The first-order valence-electron chi connectivity index (χ1n) is 6.24. The molecule has 0 fully saturated rings. The number of hydrogen-bond donors (Lipinski definition) is 1. The van der Waals surface area contributed by atoms with Crippen LogP contribution >= 0.6 is 0 Å². The molecule has 0 amide bonds. The highest BCUT2D eigenvalue weighted by Crippen LogP contribution is 2.13. The van der Waals surface area contributed by atoms with Gasteiger partial charge in [-0.2, -0.15) is 0 Å². The van der Waals surface area contributed by atoms with Crippen LogP contribution in [0.1, 0.15) is 41.0 Å². The van der Waals surface area contributed by atoms with Gasteiger partial charge in [0, 0.05) is 6.92 Å². The van der Waals surface area contributed by atoms with Crippen LogP contribution in [-0.4, -0.2) is 46.8 Å². The maximum absolute atomic E-state index is 11.8. The molecular weight excluding hydrogens is 284 g/mol. The molecule has 0 saturated carbocycles. The molecular formula is C13H20O8. The summed E-state index contributed by atoms with van der Waals surface area (Å²) in [5.74, 6) is -3.99. The fraction of sp³-hybridized carbons (Fsp3) is 0.692. The first-order valence-corrected chi connectivity index (χ1v) is 6.24. The summed E-state index contributed by atoms with van der Waals surface area (Å²) in [6, 6.07) is 0. The molecule has 0 aromatic carbocycles. The summed E-state index contributed by atoms with van der Waals surface area (Å²) < 4.78 is 14.3. The lowest BCUT2D eigenvalue weighted by Gasteiger charge is -2.23. The fourth-order valence-electron chi connectivity index (χ4n) is 1.19. The summed E-state index contributed by atoms with van der Waals surface area (Å²) in [6.45, 7) is 7.07. The van der Waals surface area contributed by atoms with Crippen LogP contribution in [0.4, 0.5) is 0 Å². The van der Waals surface area contributed by atoms with Crippen molar-refractivity contribution in [3.63, 3.8) is 0 Å². The van der Waals surface area contributed by atoms with Crippen molar-refractivity contribution in [2.45, 2.75) is 58.8 Å². The van der Waals surface area contributed by atoms with Crippen molar-refractivity contribution in [2.75, 3.05) is 0 Å². The molecule has 0 aliphatic heterocycles. The molecule has 2 atom stereocenters. The Balaban J connectivity index is 4.77. The molecule has 0 saturated heterocycles. The van der Waals surface area contributed by atoms with Crippen LogP contribution < -0.4 is 0 Å². The molecule has 0 aliphatic rings. The number of aliphatic carboxylic acids is 1. The number of rotatable bonds is 6. The Morgan fingerprint density at radius 2 is 1.62 bits per heavy atom. The molecule has 0 spiro atoms. The van der Waals surface area contributed by atoms with Gasteiger partial charge in [-0.1, -0.05) is 0 Å². The van der Waals surface area contributed by atoms with Gasteiger partial charge >= 0.3 is 23.9 Å². The Bertz CT molecular complexity index is 420. The van der Waals surface area contributed by atoms with Crippen molar-refractivity contribution >= 4 is 23.9 Å². The molecule has 0 aromatic heterocycles. The molecule has 0 radical (unpaired) electrons.